The van der Waals surface area contributed by atoms with Crippen molar-refractivity contribution in [3.05, 3.63) is 22.6 Å². The quantitative estimate of drug-likeness (QED) is 0.853. The molecule has 0 radical (unpaired) electrons. The van der Waals surface area contributed by atoms with Gasteiger partial charge in [0.2, 0.25) is 11.7 Å². The second-order valence-corrected chi connectivity index (χ2v) is 4.35. The minimum Gasteiger partial charge on any atom is -0.458 e. The first-order chi connectivity index (χ1) is 7.05. The lowest BCUT2D eigenvalue weighted by molar-refractivity contribution is -0.120. The highest BCUT2D eigenvalue weighted by Gasteiger charge is 2.50. The molecule has 0 saturated heterocycles. The lowest BCUT2D eigenvalue weighted by Crippen LogP contribution is -2.46. The van der Waals surface area contributed by atoms with Gasteiger partial charge in [-0.15, -0.1) is 0 Å². The molecule has 2 amide bonds. The number of carbonyl (C=O) groups excluding carboxylic acids is 2. The third-order valence-corrected chi connectivity index (χ3v) is 3.02. The molecule has 3 N–H and O–H groups in total. The highest BCUT2D eigenvalue weighted by Crippen LogP contribution is 2.35. The van der Waals surface area contributed by atoms with Gasteiger partial charge in [0.25, 0.3) is 5.91 Å². The number of halogens is 1. The Kier molecular flexibility index (Phi) is 2.30. The number of nitrogens with one attached hydrogen (secondary N) is 1. The molecule has 2 rings (SSSR count). The summed E-state index contributed by atoms with van der Waals surface area (Å²) in [4.78, 5) is 22.7. The third kappa shape index (κ3) is 1.77. The van der Waals surface area contributed by atoms with E-state index in [-0.39, 0.29) is 5.76 Å². The standard InChI is InChI=1S/C9H9BrN2O3/c10-5-1-4-15-6(5)7(13)12-9(2-3-9)8(11)14/h1,4H,2-3H2,(H2,11,14)(H,12,13). The molecule has 1 heterocycles. The molecule has 80 valence electrons. The van der Waals surface area contributed by atoms with E-state index in [1.165, 1.54) is 6.26 Å². The summed E-state index contributed by atoms with van der Waals surface area (Å²) in [5.41, 5.74) is 4.32. The minimum atomic E-state index is -0.858. The fourth-order valence-corrected chi connectivity index (χ4v) is 1.67. The van der Waals surface area contributed by atoms with E-state index in [0.717, 1.165) is 0 Å². The predicted octanol–water partition coefficient (Wildman–Crippen LogP) is 0.790. The maximum atomic E-state index is 11.6. The zero-order valence-electron chi connectivity index (χ0n) is 7.75. The topological polar surface area (TPSA) is 85.3 Å². The number of hydrogen-bond donors (Lipinski definition) is 2. The Bertz CT molecular complexity index is 423. The van der Waals surface area contributed by atoms with Crippen LogP contribution in [0.15, 0.2) is 21.2 Å². The van der Waals surface area contributed by atoms with Gasteiger partial charge in [0.1, 0.15) is 5.54 Å². The maximum absolute atomic E-state index is 11.6. The number of primary amides is 1. The highest BCUT2D eigenvalue weighted by molar-refractivity contribution is 9.10. The molecule has 0 spiro atoms. The van der Waals surface area contributed by atoms with Crippen LogP contribution in [0.1, 0.15) is 23.4 Å². The van der Waals surface area contributed by atoms with E-state index in [0.29, 0.717) is 17.3 Å². The second kappa shape index (κ2) is 3.37. The van der Waals surface area contributed by atoms with E-state index in [9.17, 15) is 9.59 Å². The summed E-state index contributed by atoms with van der Waals surface area (Å²) in [6, 6.07) is 1.61. The fraction of sp³-hybridized carbons (Fsp3) is 0.333. The molecule has 0 aliphatic heterocycles. The van der Waals surface area contributed by atoms with Crippen LogP contribution >= 0.6 is 15.9 Å². The van der Waals surface area contributed by atoms with Crippen LogP contribution < -0.4 is 11.1 Å². The number of hydrogen-bond acceptors (Lipinski definition) is 3. The average Bonchev–Trinajstić information content (AvgIpc) is 2.82. The molecular weight excluding hydrogens is 264 g/mol. The van der Waals surface area contributed by atoms with E-state index in [2.05, 4.69) is 21.2 Å². The van der Waals surface area contributed by atoms with Gasteiger partial charge < -0.3 is 15.5 Å². The molecule has 5 nitrogen and oxygen atoms in total. The largest absolute Gasteiger partial charge is 0.458 e. The molecule has 0 aromatic carbocycles. The highest BCUT2D eigenvalue weighted by atomic mass is 79.9. The van der Waals surface area contributed by atoms with Gasteiger partial charge in [-0.25, -0.2) is 0 Å². The van der Waals surface area contributed by atoms with E-state index in [4.69, 9.17) is 10.2 Å². The predicted molar refractivity (Wildman–Crippen MR) is 55.0 cm³/mol. The van der Waals surface area contributed by atoms with E-state index in [1.807, 2.05) is 0 Å². The Morgan fingerprint density at radius 2 is 2.20 bits per heavy atom. The summed E-state index contributed by atoms with van der Waals surface area (Å²) in [5.74, 6) is -0.774. The van der Waals surface area contributed by atoms with Crippen molar-refractivity contribution < 1.29 is 14.0 Å². The zero-order valence-corrected chi connectivity index (χ0v) is 9.33. The Labute approximate surface area is 94.1 Å². The zero-order chi connectivity index (χ0) is 11.1. The fourth-order valence-electron chi connectivity index (χ4n) is 1.29. The van der Waals surface area contributed by atoms with Crippen molar-refractivity contribution in [3.8, 4) is 0 Å². The molecular formula is C9H9BrN2O3. The molecule has 0 bridgehead atoms. The molecule has 1 saturated carbocycles. The smallest absolute Gasteiger partial charge is 0.289 e. The van der Waals surface area contributed by atoms with Crippen molar-refractivity contribution in [2.45, 2.75) is 18.4 Å². The molecule has 1 fully saturated rings. The normalized spacial score (nSPS) is 17.1. The van der Waals surface area contributed by atoms with Crippen LogP contribution in [0, 0.1) is 0 Å². The number of rotatable bonds is 3. The van der Waals surface area contributed by atoms with Crippen molar-refractivity contribution in [1.29, 1.82) is 0 Å². The minimum absolute atomic E-state index is 0.155. The van der Waals surface area contributed by atoms with E-state index in [1.54, 1.807) is 6.07 Å². The monoisotopic (exact) mass is 272 g/mol. The van der Waals surface area contributed by atoms with Crippen molar-refractivity contribution in [3.63, 3.8) is 0 Å². The van der Waals surface area contributed by atoms with Crippen molar-refractivity contribution in [2.75, 3.05) is 0 Å². The van der Waals surface area contributed by atoms with Crippen LogP contribution in [-0.4, -0.2) is 17.4 Å². The van der Waals surface area contributed by atoms with Crippen molar-refractivity contribution in [1.82, 2.24) is 5.32 Å². The van der Waals surface area contributed by atoms with Crippen molar-refractivity contribution >= 4 is 27.7 Å². The summed E-state index contributed by atoms with van der Waals surface area (Å²) in [5, 5.41) is 2.57. The number of furan rings is 1. The van der Waals surface area contributed by atoms with Crippen LogP contribution in [0.5, 0.6) is 0 Å². The molecule has 1 aromatic heterocycles. The molecule has 0 atom stereocenters. The van der Waals surface area contributed by atoms with Gasteiger partial charge in [0, 0.05) is 0 Å². The molecule has 6 heteroatoms. The van der Waals surface area contributed by atoms with Crippen molar-refractivity contribution in [2.24, 2.45) is 5.73 Å². The van der Waals surface area contributed by atoms with E-state index < -0.39 is 17.4 Å². The number of carbonyl (C=O) groups is 2. The third-order valence-electron chi connectivity index (χ3n) is 2.40. The Morgan fingerprint density at radius 1 is 1.53 bits per heavy atom. The summed E-state index contributed by atoms with van der Waals surface area (Å²) >= 11 is 3.16. The first-order valence-electron chi connectivity index (χ1n) is 4.40. The molecule has 1 aromatic rings. The Hall–Kier alpha value is -1.30. The van der Waals surface area contributed by atoms with Gasteiger partial charge >= 0.3 is 0 Å². The lowest BCUT2D eigenvalue weighted by Gasteiger charge is -2.11. The number of nitrogens with two attached hydrogens (primary N) is 1. The first-order valence-corrected chi connectivity index (χ1v) is 5.20. The van der Waals surface area contributed by atoms with Gasteiger partial charge in [0.15, 0.2) is 0 Å². The van der Waals surface area contributed by atoms with Gasteiger partial charge in [-0.3, -0.25) is 9.59 Å². The lowest BCUT2D eigenvalue weighted by atomic mass is 10.2. The van der Waals surface area contributed by atoms with Crippen LogP contribution in [0.4, 0.5) is 0 Å². The maximum Gasteiger partial charge on any atom is 0.289 e. The second-order valence-electron chi connectivity index (χ2n) is 3.50. The average molecular weight is 273 g/mol. The van der Waals surface area contributed by atoms with Gasteiger partial charge in [-0.05, 0) is 34.8 Å². The molecule has 0 unspecified atom stereocenters. The van der Waals surface area contributed by atoms with E-state index >= 15 is 0 Å². The first kappa shape index (κ1) is 10.2. The Morgan fingerprint density at radius 3 is 2.60 bits per heavy atom. The molecule has 1 aliphatic rings. The van der Waals surface area contributed by atoms with Gasteiger partial charge in [-0.1, -0.05) is 0 Å². The summed E-state index contributed by atoms with van der Waals surface area (Å²) in [6.07, 6.45) is 2.57. The summed E-state index contributed by atoms with van der Waals surface area (Å²) in [6.45, 7) is 0. The summed E-state index contributed by atoms with van der Waals surface area (Å²) < 4.78 is 5.52. The van der Waals surface area contributed by atoms with Crippen LogP contribution in [0.25, 0.3) is 0 Å². The molecule has 1 aliphatic carbocycles. The number of amides is 2. The van der Waals surface area contributed by atoms with Crippen LogP contribution in [0.2, 0.25) is 0 Å². The van der Waals surface area contributed by atoms with Crippen LogP contribution in [-0.2, 0) is 4.79 Å². The Balaban J connectivity index is 2.11. The SMILES string of the molecule is NC(=O)C1(NC(=O)c2occc2Br)CC1. The van der Waals surface area contributed by atoms with Gasteiger partial charge in [0.05, 0.1) is 10.7 Å². The van der Waals surface area contributed by atoms with Crippen LogP contribution in [0.3, 0.4) is 0 Å². The van der Waals surface area contributed by atoms with Gasteiger partial charge in [-0.2, -0.15) is 0 Å². The summed E-state index contributed by atoms with van der Waals surface area (Å²) in [7, 11) is 0. The molecule has 15 heavy (non-hydrogen) atoms.